The van der Waals surface area contributed by atoms with Gasteiger partial charge < -0.3 is 10.2 Å². The lowest BCUT2D eigenvalue weighted by Crippen LogP contribution is -2.53. The SMILES string of the molecule is CC[C@@H](C(=O)NC(C)(C)C)N(Cc1ccc(C)cc1)C(=O)Cc1ccc(Cl)cc1Cl. The minimum Gasteiger partial charge on any atom is -0.350 e. The van der Waals surface area contributed by atoms with Gasteiger partial charge in [-0.3, -0.25) is 9.59 Å². The molecular weight excluding hydrogens is 419 g/mol. The predicted molar refractivity (Wildman–Crippen MR) is 124 cm³/mol. The molecule has 0 radical (unpaired) electrons. The Morgan fingerprint density at radius 1 is 1.07 bits per heavy atom. The highest BCUT2D eigenvalue weighted by Crippen LogP contribution is 2.23. The number of halogens is 2. The van der Waals surface area contributed by atoms with Gasteiger partial charge in [0.25, 0.3) is 0 Å². The van der Waals surface area contributed by atoms with Gasteiger partial charge in [0.2, 0.25) is 11.8 Å². The second-order valence-electron chi connectivity index (χ2n) is 8.58. The summed E-state index contributed by atoms with van der Waals surface area (Å²) in [6.45, 7) is 10.1. The first-order valence-corrected chi connectivity index (χ1v) is 10.9. The standard InChI is InChI=1S/C24H30Cl2N2O2/c1-6-21(23(30)27-24(3,4)5)28(15-17-9-7-16(2)8-10-17)22(29)13-18-11-12-19(25)14-20(18)26/h7-12,14,21H,6,13,15H2,1-5H3,(H,27,30)/t21-/m0/s1. The van der Waals surface area contributed by atoms with E-state index in [1.165, 1.54) is 0 Å². The van der Waals surface area contributed by atoms with Crippen LogP contribution in [0.4, 0.5) is 0 Å². The predicted octanol–water partition coefficient (Wildman–Crippen LogP) is 5.57. The summed E-state index contributed by atoms with van der Waals surface area (Å²) >= 11 is 12.3. The number of carbonyl (C=O) groups is 2. The third kappa shape index (κ3) is 7.03. The molecule has 0 saturated heterocycles. The van der Waals surface area contributed by atoms with Crippen molar-refractivity contribution < 1.29 is 9.59 Å². The van der Waals surface area contributed by atoms with E-state index in [1.54, 1.807) is 23.1 Å². The lowest BCUT2D eigenvalue weighted by molar-refractivity contribution is -0.141. The fourth-order valence-corrected chi connectivity index (χ4v) is 3.67. The van der Waals surface area contributed by atoms with Crippen LogP contribution in [0.1, 0.15) is 50.8 Å². The molecule has 30 heavy (non-hydrogen) atoms. The number of hydrogen-bond acceptors (Lipinski definition) is 2. The Bertz CT molecular complexity index is 889. The number of carbonyl (C=O) groups excluding carboxylic acids is 2. The van der Waals surface area contributed by atoms with Crippen LogP contribution in [0.5, 0.6) is 0 Å². The molecule has 2 rings (SSSR count). The molecule has 1 atom stereocenters. The smallest absolute Gasteiger partial charge is 0.243 e. The van der Waals surface area contributed by atoms with E-state index in [2.05, 4.69) is 5.32 Å². The molecular formula is C24H30Cl2N2O2. The second-order valence-corrected chi connectivity index (χ2v) is 9.43. The van der Waals surface area contributed by atoms with Gasteiger partial charge in [0.1, 0.15) is 6.04 Å². The molecule has 0 aliphatic carbocycles. The van der Waals surface area contributed by atoms with Crippen LogP contribution < -0.4 is 5.32 Å². The van der Waals surface area contributed by atoms with E-state index in [0.29, 0.717) is 28.6 Å². The van der Waals surface area contributed by atoms with Gasteiger partial charge in [-0.15, -0.1) is 0 Å². The number of aryl methyl sites for hydroxylation is 1. The molecule has 0 bridgehead atoms. The van der Waals surface area contributed by atoms with Crippen LogP contribution in [0.15, 0.2) is 42.5 Å². The molecule has 1 N–H and O–H groups in total. The van der Waals surface area contributed by atoms with Crippen LogP contribution in [-0.4, -0.2) is 28.3 Å². The summed E-state index contributed by atoms with van der Waals surface area (Å²) in [4.78, 5) is 28.0. The highest BCUT2D eigenvalue weighted by Gasteiger charge is 2.30. The largest absolute Gasteiger partial charge is 0.350 e. The molecule has 0 aliphatic heterocycles. The number of rotatable bonds is 7. The Morgan fingerprint density at radius 3 is 2.23 bits per heavy atom. The summed E-state index contributed by atoms with van der Waals surface area (Å²) in [7, 11) is 0. The van der Waals surface area contributed by atoms with Crippen molar-refractivity contribution in [1.82, 2.24) is 10.2 Å². The van der Waals surface area contributed by atoms with Crippen LogP contribution in [0.2, 0.25) is 10.0 Å². The Balaban J connectivity index is 2.33. The van der Waals surface area contributed by atoms with E-state index in [-0.39, 0.29) is 23.8 Å². The fraction of sp³-hybridized carbons (Fsp3) is 0.417. The van der Waals surface area contributed by atoms with E-state index in [9.17, 15) is 9.59 Å². The Morgan fingerprint density at radius 2 is 1.70 bits per heavy atom. The fourth-order valence-electron chi connectivity index (χ4n) is 3.19. The monoisotopic (exact) mass is 448 g/mol. The zero-order valence-corrected chi connectivity index (χ0v) is 19.8. The summed E-state index contributed by atoms with van der Waals surface area (Å²) in [6.07, 6.45) is 0.606. The highest BCUT2D eigenvalue weighted by atomic mass is 35.5. The van der Waals surface area contributed by atoms with E-state index >= 15 is 0 Å². The summed E-state index contributed by atoms with van der Waals surface area (Å²) in [6, 6.07) is 12.5. The van der Waals surface area contributed by atoms with Gasteiger partial charge in [0.05, 0.1) is 6.42 Å². The summed E-state index contributed by atoms with van der Waals surface area (Å²) in [5, 5.41) is 3.97. The van der Waals surface area contributed by atoms with Crippen molar-refractivity contribution in [3.63, 3.8) is 0 Å². The van der Waals surface area contributed by atoms with Crippen LogP contribution in [0.25, 0.3) is 0 Å². The van der Waals surface area contributed by atoms with Crippen LogP contribution >= 0.6 is 23.2 Å². The molecule has 0 fully saturated rings. The first kappa shape index (κ1) is 24.2. The molecule has 6 heteroatoms. The normalized spacial score (nSPS) is 12.4. The quantitative estimate of drug-likeness (QED) is 0.601. The molecule has 0 heterocycles. The lowest BCUT2D eigenvalue weighted by Gasteiger charge is -2.33. The first-order chi connectivity index (χ1) is 14.0. The third-order valence-electron chi connectivity index (χ3n) is 4.71. The molecule has 2 aromatic rings. The van der Waals surface area contributed by atoms with Gasteiger partial charge in [0, 0.05) is 22.1 Å². The molecule has 2 amide bonds. The average molecular weight is 449 g/mol. The van der Waals surface area contributed by atoms with Crippen molar-refractivity contribution in [2.24, 2.45) is 0 Å². The van der Waals surface area contributed by atoms with Crippen LogP contribution in [0, 0.1) is 6.92 Å². The van der Waals surface area contributed by atoms with Crippen molar-refractivity contribution in [2.75, 3.05) is 0 Å². The maximum atomic E-state index is 13.3. The number of benzene rings is 2. The van der Waals surface area contributed by atoms with Gasteiger partial charge >= 0.3 is 0 Å². The maximum absolute atomic E-state index is 13.3. The van der Waals surface area contributed by atoms with Crippen molar-refractivity contribution in [2.45, 2.75) is 65.6 Å². The minimum absolute atomic E-state index is 0.0984. The van der Waals surface area contributed by atoms with Gasteiger partial charge in [-0.25, -0.2) is 0 Å². The third-order valence-corrected chi connectivity index (χ3v) is 5.30. The van der Waals surface area contributed by atoms with E-state index in [4.69, 9.17) is 23.2 Å². The molecule has 2 aromatic carbocycles. The Labute approximate surface area is 189 Å². The van der Waals surface area contributed by atoms with E-state index < -0.39 is 6.04 Å². The Hall–Kier alpha value is -2.04. The summed E-state index contributed by atoms with van der Waals surface area (Å²) in [5.74, 6) is -0.316. The van der Waals surface area contributed by atoms with E-state index in [1.807, 2.05) is 58.9 Å². The van der Waals surface area contributed by atoms with Crippen molar-refractivity contribution in [1.29, 1.82) is 0 Å². The average Bonchev–Trinajstić information content (AvgIpc) is 2.64. The number of nitrogens with one attached hydrogen (secondary N) is 1. The van der Waals surface area contributed by atoms with Crippen LogP contribution in [0.3, 0.4) is 0 Å². The lowest BCUT2D eigenvalue weighted by atomic mass is 10.0. The zero-order valence-electron chi connectivity index (χ0n) is 18.3. The van der Waals surface area contributed by atoms with E-state index in [0.717, 1.165) is 11.1 Å². The summed E-state index contributed by atoms with van der Waals surface area (Å²) in [5.41, 5.74) is 2.41. The molecule has 162 valence electrons. The first-order valence-electron chi connectivity index (χ1n) is 10.1. The molecule has 0 aliphatic rings. The van der Waals surface area contributed by atoms with Crippen molar-refractivity contribution >= 4 is 35.0 Å². The number of hydrogen-bond donors (Lipinski definition) is 1. The van der Waals surface area contributed by atoms with Crippen LogP contribution in [-0.2, 0) is 22.6 Å². The van der Waals surface area contributed by atoms with Crippen molar-refractivity contribution in [3.8, 4) is 0 Å². The van der Waals surface area contributed by atoms with Gasteiger partial charge in [-0.2, -0.15) is 0 Å². The van der Waals surface area contributed by atoms with Gasteiger partial charge in [0.15, 0.2) is 0 Å². The number of nitrogens with zero attached hydrogens (tertiary/aromatic N) is 1. The van der Waals surface area contributed by atoms with Gasteiger partial charge in [-0.05, 0) is 57.4 Å². The molecule has 4 nitrogen and oxygen atoms in total. The Kier molecular flexibility index (Phi) is 8.34. The topological polar surface area (TPSA) is 49.4 Å². The molecule has 0 aromatic heterocycles. The highest BCUT2D eigenvalue weighted by molar-refractivity contribution is 6.35. The zero-order chi connectivity index (χ0) is 22.5. The molecule has 0 saturated carbocycles. The summed E-state index contributed by atoms with van der Waals surface area (Å²) < 4.78 is 0. The van der Waals surface area contributed by atoms with Gasteiger partial charge in [-0.1, -0.05) is 66.0 Å². The number of amides is 2. The second kappa shape index (κ2) is 10.3. The maximum Gasteiger partial charge on any atom is 0.243 e. The van der Waals surface area contributed by atoms with Crippen molar-refractivity contribution in [3.05, 3.63) is 69.2 Å². The molecule has 0 spiro atoms. The molecule has 0 unspecified atom stereocenters. The minimum atomic E-state index is -0.580.